The van der Waals surface area contributed by atoms with Gasteiger partial charge in [0.05, 0.1) is 16.8 Å². The standard InChI is InChI=1S/C37H34FN5O5/c38-29-19-22(18-25-21-43(37(47)33(25)29)31-12-13-32(44)41-36(31)46)20-42-16-14-23(15-17-42)30-11-10-28(35(39)45)34(40-30)24-6-8-27(9-7-24)48-26-4-2-1-3-5-26/h1-11,18-19,23,31H,12-17,20-21H2,(H2,39,45)(H,41,44,46). The van der Waals surface area contributed by atoms with Crippen LogP contribution in [0.25, 0.3) is 11.3 Å². The molecule has 3 N–H and O–H groups in total. The van der Waals surface area contributed by atoms with E-state index in [1.807, 2.05) is 66.7 Å². The first kappa shape index (κ1) is 31.2. The second kappa shape index (κ2) is 13.0. The van der Waals surface area contributed by atoms with Crippen LogP contribution in [0.15, 0.2) is 78.9 Å². The van der Waals surface area contributed by atoms with E-state index in [-0.39, 0.29) is 36.8 Å². The molecule has 1 unspecified atom stereocenters. The van der Waals surface area contributed by atoms with Crippen LogP contribution in [0.5, 0.6) is 11.5 Å². The molecule has 7 rings (SSSR count). The number of nitrogens with zero attached hydrogens (tertiary/aromatic N) is 3. The number of ether oxygens (including phenoxy) is 1. The Bertz CT molecular complexity index is 1910. The molecule has 3 aliphatic heterocycles. The highest BCUT2D eigenvalue weighted by Crippen LogP contribution is 2.34. The number of aromatic nitrogens is 1. The van der Waals surface area contributed by atoms with E-state index in [1.165, 1.54) is 11.0 Å². The Hall–Kier alpha value is -5.42. The van der Waals surface area contributed by atoms with E-state index in [2.05, 4.69) is 10.2 Å². The summed E-state index contributed by atoms with van der Waals surface area (Å²) in [6.45, 7) is 2.15. The first-order valence-corrected chi connectivity index (χ1v) is 16.1. The van der Waals surface area contributed by atoms with Gasteiger partial charge in [-0.05, 0) is 98.1 Å². The van der Waals surface area contributed by atoms with Crippen molar-refractivity contribution in [3.63, 3.8) is 0 Å². The van der Waals surface area contributed by atoms with Gasteiger partial charge in [-0.2, -0.15) is 0 Å². The fourth-order valence-electron chi connectivity index (χ4n) is 6.88. The lowest BCUT2D eigenvalue weighted by Crippen LogP contribution is -2.52. The predicted octanol–water partition coefficient (Wildman–Crippen LogP) is 4.92. The lowest BCUT2D eigenvalue weighted by Gasteiger charge is -2.32. The van der Waals surface area contributed by atoms with Gasteiger partial charge in [-0.25, -0.2) is 4.39 Å². The summed E-state index contributed by atoms with van der Waals surface area (Å²) in [5.41, 5.74) is 9.56. The molecule has 3 aromatic carbocycles. The predicted molar refractivity (Wildman–Crippen MR) is 174 cm³/mol. The topological polar surface area (TPSA) is 135 Å². The van der Waals surface area contributed by atoms with E-state index in [1.54, 1.807) is 6.07 Å². The summed E-state index contributed by atoms with van der Waals surface area (Å²) in [6, 6.07) is 23.0. The third-order valence-electron chi connectivity index (χ3n) is 9.33. The van der Waals surface area contributed by atoms with E-state index < -0.39 is 29.6 Å². The number of primary amides is 1. The van der Waals surface area contributed by atoms with Crippen LogP contribution in [-0.2, 0) is 22.7 Å². The van der Waals surface area contributed by atoms with Crippen molar-refractivity contribution < 1.29 is 28.3 Å². The van der Waals surface area contributed by atoms with Crippen molar-refractivity contribution in [2.45, 2.75) is 50.7 Å². The van der Waals surface area contributed by atoms with Crippen LogP contribution >= 0.6 is 0 Å². The minimum Gasteiger partial charge on any atom is -0.457 e. The number of carbonyl (C=O) groups is 4. The van der Waals surface area contributed by atoms with Crippen LogP contribution in [0.4, 0.5) is 4.39 Å². The molecule has 1 aromatic heterocycles. The number of nitrogens with one attached hydrogen (secondary N) is 1. The normalized spacial score (nSPS) is 18.5. The summed E-state index contributed by atoms with van der Waals surface area (Å²) in [7, 11) is 0. The van der Waals surface area contributed by atoms with Gasteiger partial charge < -0.3 is 15.4 Å². The van der Waals surface area contributed by atoms with Gasteiger partial charge in [0.1, 0.15) is 23.4 Å². The van der Waals surface area contributed by atoms with E-state index in [0.717, 1.165) is 48.5 Å². The maximum Gasteiger partial charge on any atom is 0.258 e. The molecule has 244 valence electrons. The molecule has 48 heavy (non-hydrogen) atoms. The van der Waals surface area contributed by atoms with Crippen LogP contribution in [0, 0.1) is 5.82 Å². The molecule has 2 fully saturated rings. The summed E-state index contributed by atoms with van der Waals surface area (Å²) in [5, 5.41) is 2.28. The quantitative estimate of drug-likeness (QED) is 0.259. The minimum atomic E-state index is -0.788. The van der Waals surface area contributed by atoms with Crippen molar-refractivity contribution in [3.8, 4) is 22.8 Å². The number of nitrogens with two attached hydrogens (primary N) is 1. The third kappa shape index (κ3) is 6.28. The Kier molecular flexibility index (Phi) is 8.45. The average Bonchev–Trinajstić information content (AvgIpc) is 3.41. The monoisotopic (exact) mass is 647 g/mol. The van der Waals surface area contributed by atoms with Gasteiger partial charge in [-0.1, -0.05) is 24.3 Å². The number of pyridine rings is 1. The van der Waals surface area contributed by atoms with Gasteiger partial charge in [0, 0.05) is 36.7 Å². The second-order valence-corrected chi connectivity index (χ2v) is 12.5. The van der Waals surface area contributed by atoms with E-state index in [9.17, 15) is 19.2 Å². The molecule has 0 bridgehead atoms. The molecule has 3 aliphatic rings. The van der Waals surface area contributed by atoms with Gasteiger partial charge >= 0.3 is 0 Å². The third-order valence-corrected chi connectivity index (χ3v) is 9.33. The van der Waals surface area contributed by atoms with Crippen molar-refractivity contribution >= 4 is 23.6 Å². The molecular weight excluding hydrogens is 613 g/mol. The maximum atomic E-state index is 15.3. The number of rotatable bonds is 8. The molecule has 0 saturated carbocycles. The van der Waals surface area contributed by atoms with Gasteiger partial charge in [0.2, 0.25) is 11.8 Å². The van der Waals surface area contributed by atoms with Gasteiger partial charge in [0.25, 0.3) is 11.8 Å². The molecule has 0 spiro atoms. The average molecular weight is 648 g/mol. The molecule has 1 atom stereocenters. The molecular formula is C37H34FN5O5. The van der Waals surface area contributed by atoms with Crippen molar-refractivity contribution in [2.24, 2.45) is 5.73 Å². The Morgan fingerprint density at radius 3 is 2.38 bits per heavy atom. The molecule has 0 radical (unpaired) electrons. The molecule has 11 heteroatoms. The number of hydrogen-bond donors (Lipinski definition) is 2. The van der Waals surface area contributed by atoms with Crippen LogP contribution in [0.2, 0.25) is 0 Å². The highest BCUT2D eigenvalue weighted by atomic mass is 19.1. The van der Waals surface area contributed by atoms with Crippen LogP contribution < -0.4 is 15.8 Å². The molecule has 10 nitrogen and oxygen atoms in total. The summed E-state index contributed by atoms with van der Waals surface area (Å²) >= 11 is 0. The number of likely N-dealkylation sites (tertiary alicyclic amines) is 1. The molecule has 4 heterocycles. The number of halogens is 1. The van der Waals surface area contributed by atoms with Gasteiger partial charge in [-0.15, -0.1) is 0 Å². The SMILES string of the molecule is NC(=O)c1ccc(C2CCN(Cc3cc(F)c4c(c3)CN(C3CCC(=O)NC3=O)C4=O)CC2)nc1-c1ccc(Oc2ccccc2)cc1. The smallest absolute Gasteiger partial charge is 0.258 e. The molecule has 2 saturated heterocycles. The van der Waals surface area contributed by atoms with Crippen molar-refractivity contribution in [3.05, 3.63) is 113 Å². The molecule has 0 aliphatic carbocycles. The number of benzene rings is 3. The lowest BCUT2D eigenvalue weighted by atomic mass is 9.91. The fraction of sp³-hybridized carbons (Fsp3) is 0.270. The Balaban J connectivity index is 1.01. The number of imide groups is 1. The molecule has 4 aromatic rings. The number of carbonyl (C=O) groups excluding carboxylic acids is 4. The van der Waals surface area contributed by atoms with Crippen LogP contribution in [0.1, 0.15) is 69.1 Å². The number of fused-ring (bicyclic) bond motifs is 1. The van der Waals surface area contributed by atoms with Crippen molar-refractivity contribution in [2.75, 3.05) is 13.1 Å². The zero-order valence-corrected chi connectivity index (χ0v) is 26.2. The lowest BCUT2D eigenvalue weighted by molar-refractivity contribution is -0.136. The summed E-state index contributed by atoms with van der Waals surface area (Å²) in [5.74, 6) is -0.994. The summed E-state index contributed by atoms with van der Waals surface area (Å²) in [6.07, 6.45) is 2.01. The van der Waals surface area contributed by atoms with Gasteiger partial charge in [0.15, 0.2) is 0 Å². The van der Waals surface area contributed by atoms with E-state index in [4.69, 9.17) is 15.5 Å². The van der Waals surface area contributed by atoms with E-state index in [0.29, 0.717) is 29.1 Å². The van der Waals surface area contributed by atoms with Gasteiger partial charge in [-0.3, -0.25) is 34.4 Å². The van der Waals surface area contributed by atoms with Crippen LogP contribution in [-0.4, -0.2) is 57.5 Å². The maximum absolute atomic E-state index is 15.3. The highest BCUT2D eigenvalue weighted by molar-refractivity contribution is 6.05. The number of amides is 4. The van der Waals surface area contributed by atoms with E-state index >= 15 is 4.39 Å². The molecule has 4 amide bonds. The zero-order valence-electron chi connectivity index (χ0n) is 26.2. The van der Waals surface area contributed by atoms with Crippen molar-refractivity contribution in [1.29, 1.82) is 0 Å². The Morgan fingerprint density at radius 1 is 0.938 bits per heavy atom. The number of hydrogen-bond acceptors (Lipinski definition) is 7. The Labute approximate surface area is 276 Å². The summed E-state index contributed by atoms with van der Waals surface area (Å²) < 4.78 is 21.2. The number of para-hydroxylation sites is 1. The first-order valence-electron chi connectivity index (χ1n) is 16.1. The second-order valence-electron chi connectivity index (χ2n) is 12.5. The van der Waals surface area contributed by atoms with Crippen LogP contribution in [0.3, 0.4) is 0 Å². The fourth-order valence-corrected chi connectivity index (χ4v) is 6.88. The largest absolute Gasteiger partial charge is 0.457 e. The number of piperidine rings is 2. The zero-order chi connectivity index (χ0) is 33.4. The Morgan fingerprint density at radius 2 is 1.67 bits per heavy atom. The van der Waals surface area contributed by atoms with Crippen molar-refractivity contribution in [1.82, 2.24) is 20.1 Å². The first-order chi connectivity index (χ1) is 23.2. The highest BCUT2D eigenvalue weighted by Gasteiger charge is 2.40. The minimum absolute atomic E-state index is 0.00167. The summed E-state index contributed by atoms with van der Waals surface area (Å²) in [4.78, 5) is 57.9.